The molecule has 0 aliphatic heterocycles. The number of ether oxygens (including phenoxy) is 1. The molecule has 2 unspecified atom stereocenters. The number of rotatable bonds is 10. The molecular weight excluding hydrogens is 236 g/mol. The Kier molecular flexibility index (Phi) is 10.7. The lowest BCUT2D eigenvalue weighted by Gasteiger charge is -2.16. The largest absolute Gasteiger partial charge is 0.383 e. The highest BCUT2D eigenvalue weighted by molar-refractivity contribution is 7.99. The topological polar surface area (TPSA) is 50.4 Å². The fourth-order valence-electron chi connectivity index (χ4n) is 1.39. The maximum atomic E-state index is 11.5. The highest BCUT2D eigenvalue weighted by Gasteiger charge is 2.08. The Morgan fingerprint density at radius 2 is 2.06 bits per heavy atom. The molecule has 0 spiro atoms. The van der Waals surface area contributed by atoms with Crippen molar-refractivity contribution in [3.8, 4) is 0 Å². The SMILES string of the molecule is CCSCCC(C)NCC(=O)NC(C)COC. The van der Waals surface area contributed by atoms with E-state index in [2.05, 4.69) is 24.5 Å². The predicted octanol–water partition coefficient (Wildman–Crippen LogP) is 1.26. The van der Waals surface area contributed by atoms with Crippen LogP contribution in [0.5, 0.6) is 0 Å². The van der Waals surface area contributed by atoms with E-state index < -0.39 is 0 Å². The summed E-state index contributed by atoms with van der Waals surface area (Å²) in [5.74, 6) is 2.33. The number of nitrogens with one attached hydrogen (secondary N) is 2. The minimum absolute atomic E-state index is 0.0320. The highest BCUT2D eigenvalue weighted by Crippen LogP contribution is 2.03. The van der Waals surface area contributed by atoms with E-state index in [0.717, 1.165) is 17.9 Å². The number of carbonyl (C=O) groups excluding carboxylic acids is 1. The fourth-order valence-corrected chi connectivity index (χ4v) is 2.20. The molecule has 0 aliphatic carbocycles. The summed E-state index contributed by atoms with van der Waals surface area (Å²) in [4.78, 5) is 11.5. The van der Waals surface area contributed by atoms with Crippen LogP contribution >= 0.6 is 11.8 Å². The van der Waals surface area contributed by atoms with Gasteiger partial charge in [-0.1, -0.05) is 6.92 Å². The Balaban J connectivity index is 3.54. The van der Waals surface area contributed by atoms with Crippen LogP contribution in [0.25, 0.3) is 0 Å². The second-order valence-corrected chi connectivity index (χ2v) is 5.59. The van der Waals surface area contributed by atoms with E-state index in [1.807, 2.05) is 18.7 Å². The van der Waals surface area contributed by atoms with E-state index in [-0.39, 0.29) is 11.9 Å². The third kappa shape index (κ3) is 10.6. The van der Waals surface area contributed by atoms with Crippen LogP contribution in [0.1, 0.15) is 27.2 Å². The van der Waals surface area contributed by atoms with E-state index in [1.54, 1.807) is 7.11 Å². The van der Waals surface area contributed by atoms with Crippen LogP contribution in [0, 0.1) is 0 Å². The zero-order valence-electron chi connectivity index (χ0n) is 11.4. The molecule has 0 aromatic heterocycles. The number of methoxy groups -OCH3 is 1. The first-order valence-corrected chi connectivity index (χ1v) is 7.35. The smallest absolute Gasteiger partial charge is 0.234 e. The van der Waals surface area contributed by atoms with Gasteiger partial charge in [-0.3, -0.25) is 4.79 Å². The van der Waals surface area contributed by atoms with E-state index in [4.69, 9.17) is 4.74 Å². The molecule has 4 nitrogen and oxygen atoms in total. The van der Waals surface area contributed by atoms with Crippen LogP contribution in [0.3, 0.4) is 0 Å². The van der Waals surface area contributed by atoms with Crippen molar-refractivity contribution in [2.75, 3.05) is 31.8 Å². The molecule has 0 aromatic rings. The molecule has 0 saturated carbocycles. The summed E-state index contributed by atoms with van der Waals surface area (Å²) < 4.78 is 4.96. The molecule has 0 aromatic carbocycles. The molecule has 2 atom stereocenters. The lowest BCUT2D eigenvalue weighted by Crippen LogP contribution is -2.43. The predicted molar refractivity (Wildman–Crippen MR) is 74.6 cm³/mol. The molecule has 2 N–H and O–H groups in total. The second kappa shape index (κ2) is 10.9. The molecule has 0 fully saturated rings. The number of hydrogen-bond donors (Lipinski definition) is 2. The fraction of sp³-hybridized carbons (Fsp3) is 0.917. The van der Waals surface area contributed by atoms with Crippen molar-refractivity contribution in [1.82, 2.24) is 10.6 Å². The minimum atomic E-state index is 0.0320. The number of thioether (sulfide) groups is 1. The van der Waals surface area contributed by atoms with Crippen molar-refractivity contribution in [2.24, 2.45) is 0 Å². The molecular formula is C12H26N2O2S. The Hall–Kier alpha value is -0.260. The lowest BCUT2D eigenvalue weighted by molar-refractivity contribution is -0.121. The quantitative estimate of drug-likeness (QED) is 0.582. The average Bonchev–Trinajstić information content (AvgIpc) is 2.27. The summed E-state index contributed by atoms with van der Waals surface area (Å²) in [6.45, 7) is 7.14. The van der Waals surface area contributed by atoms with Crippen LogP contribution in [0.4, 0.5) is 0 Å². The summed E-state index contributed by atoms with van der Waals surface area (Å²) in [5, 5.41) is 6.09. The number of amides is 1. The summed E-state index contributed by atoms with van der Waals surface area (Å²) in [6, 6.07) is 0.456. The molecule has 5 heteroatoms. The Morgan fingerprint density at radius 3 is 2.65 bits per heavy atom. The van der Waals surface area contributed by atoms with Gasteiger partial charge in [-0.15, -0.1) is 0 Å². The van der Waals surface area contributed by atoms with Gasteiger partial charge in [-0.2, -0.15) is 11.8 Å². The van der Waals surface area contributed by atoms with Crippen LogP contribution in [0.15, 0.2) is 0 Å². The first-order chi connectivity index (χ1) is 8.10. The highest BCUT2D eigenvalue weighted by atomic mass is 32.2. The summed E-state index contributed by atoms with van der Waals surface area (Å²) in [7, 11) is 1.63. The van der Waals surface area contributed by atoms with E-state index in [1.165, 1.54) is 0 Å². The Morgan fingerprint density at radius 1 is 1.35 bits per heavy atom. The van der Waals surface area contributed by atoms with Crippen molar-refractivity contribution in [3.05, 3.63) is 0 Å². The average molecular weight is 262 g/mol. The first-order valence-electron chi connectivity index (χ1n) is 6.19. The molecule has 0 rings (SSSR count). The van der Waals surface area contributed by atoms with Gasteiger partial charge in [-0.05, 0) is 31.8 Å². The van der Waals surface area contributed by atoms with Crippen LogP contribution in [-0.2, 0) is 9.53 Å². The van der Waals surface area contributed by atoms with Crippen molar-refractivity contribution in [1.29, 1.82) is 0 Å². The maximum Gasteiger partial charge on any atom is 0.234 e. The molecule has 0 saturated heterocycles. The van der Waals surface area contributed by atoms with Crippen molar-refractivity contribution < 1.29 is 9.53 Å². The number of carbonyl (C=O) groups is 1. The zero-order chi connectivity index (χ0) is 13.1. The van der Waals surface area contributed by atoms with Crippen molar-refractivity contribution in [3.63, 3.8) is 0 Å². The first kappa shape index (κ1) is 16.7. The van der Waals surface area contributed by atoms with Gasteiger partial charge in [0.15, 0.2) is 0 Å². The van der Waals surface area contributed by atoms with Crippen LogP contribution in [-0.4, -0.2) is 49.8 Å². The normalized spacial score (nSPS) is 14.4. The minimum Gasteiger partial charge on any atom is -0.383 e. The molecule has 0 heterocycles. The Labute approximate surface area is 109 Å². The molecule has 0 radical (unpaired) electrons. The molecule has 1 amide bonds. The van der Waals surface area contributed by atoms with Crippen LogP contribution < -0.4 is 10.6 Å². The summed E-state index contributed by atoms with van der Waals surface area (Å²) in [6.07, 6.45) is 1.10. The standard InChI is InChI=1S/C12H26N2O2S/c1-5-17-7-6-10(2)13-8-12(15)14-11(3)9-16-4/h10-11,13H,5-9H2,1-4H3,(H,14,15). The van der Waals surface area contributed by atoms with Gasteiger partial charge in [0.05, 0.1) is 13.2 Å². The van der Waals surface area contributed by atoms with Gasteiger partial charge in [0.1, 0.15) is 0 Å². The molecule has 17 heavy (non-hydrogen) atoms. The van der Waals surface area contributed by atoms with Gasteiger partial charge >= 0.3 is 0 Å². The van der Waals surface area contributed by atoms with Gasteiger partial charge in [0.25, 0.3) is 0 Å². The third-order valence-corrected chi connectivity index (χ3v) is 3.27. The summed E-state index contributed by atoms with van der Waals surface area (Å²) >= 11 is 1.93. The maximum absolute atomic E-state index is 11.5. The van der Waals surface area contributed by atoms with Crippen molar-refractivity contribution >= 4 is 17.7 Å². The monoisotopic (exact) mass is 262 g/mol. The van der Waals surface area contributed by atoms with Crippen molar-refractivity contribution in [2.45, 2.75) is 39.3 Å². The van der Waals surface area contributed by atoms with Gasteiger partial charge in [0.2, 0.25) is 5.91 Å². The van der Waals surface area contributed by atoms with E-state index in [0.29, 0.717) is 19.2 Å². The van der Waals surface area contributed by atoms with E-state index >= 15 is 0 Å². The molecule has 0 bridgehead atoms. The van der Waals surface area contributed by atoms with Gasteiger partial charge in [-0.25, -0.2) is 0 Å². The number of hydrogen-bond acceptors (Lipinski definition) is 4. The zero-order valence-corrected chi connectivity index (χ0v) is 12.2. The second-order valence-electron chi connectivity index (χ2n) is 4.19. The van der Waals surface area contributed by atoms with Gasteiger partial charge in [0, 0.05) is 19.2 Å². The molecule has 0 aliphatic rings. The van der Waals surface area contributed by atoms with Gasteiger partial charge < -0.3 is 15.4 Å². The Bertz CT molecular complexity index is 203. The third-order valence-electron chi connectivity index (χ3n) is 2.33. The van der Waals surface area contributed by atoms with E-state index in [9.17, 15) is 4.79 Å². The van der Waals surface area contributed by atoms with Crippen LogP contribution in [0.2, 0.25) is 0 Å². The molecule has 102 valence electrons. The lowest BCUT2D eigenvalue weighted by atomic mass is 10.2. The summed E-state index contributed by atoms with van der Waals surface area (Å²) in [5.41, 5.74) is 0.